The van der Waals surface area contributed by atoms with Crippen LogP contribution in [0.1, 0.15) is 32.1 Å². The molecule has 1 amide bonds. The summed E-state index contributed by atoms with van der Waals surface area (Å²) in [5.74, 6) is 3.41. The van der Waals surface area contributed by atoms with Crippen molar-refractivity contribution in [2.45, 2.75) is 38.1 Å². The van der Waals surface area contributed by atoms with Gasteiger partial charge in [0.1, 0.15) is 0 Å². The molecule has 0 aromatic heterocycles. The lowest BCUT2D eigenvalue weighted by atomic mass is 9.91. The minimum Gasteiger partial charge on any atom is -0.325 e. The van der Waals surface area contributed by atoms with Crippen LogP contribution in [0.15, 0.2) is 24.3 Å². The highest BCUT2D eigenvalue weighted by atomic mass is 35.5. The monoisotopic (exact) mass is 352 g/mol. The smallest absolute Gasteiger partial charge is 0.224 e. The second kappa shape index (κ2) is 8.41. The van der Waals surface area contributed by atoms with Crippen molar-refractivity contribution in [1.29, 1.82) is 0 Å². The van der Waals surface area contributed by atoms with Crippen molar-refractivity contribution in [2.75, 3.05) is 29.9 Å². The molecular formula is C18H25ClN2OS. The zero-order chi connectivity index (χ0) is 16.1. The highest BCUT2D eigenvalue weighted by Crippen LogP contribution is 2.29. The molecule has 1 aromatic carbocycles. The van der Waals surface area contributed by atoms with Crippen molar-refractivity contribution in [2.24, 2.45) is 5.92 Å². The Labute approximate surface area is 148 Å². The summed E-state index contributed by atoms with van der Waals surface area (Å²) >= 11 is 8.16. The lowest BCUT2D eigenvalue weighted by Crippen LogP contribution is -2.41. The Balaban J connectivity index is 1.38. The molecule has 0 spiro atoms. The van der Waals surface area contributed by atoms with E-state index in [1.807, 2.05) is 18.2 Å². The fourth-order valence-corrected chi connectivity index (χ4v) is 4.97. The molecule has 0 saturated carbocycles. The van der Waals surface area contributed by atoms with E-state index in [1.165, 1.54) is 43.9 Å². The summed E-state index contributed by atoms with van der Waals surface area (Å²) in [4.78, 5) is 14.8. The molecule has 2 saturated heterocycles. The number of piperidine rings is 1. The molecule has 23 heavy (non-hydrogen) atoms. The Hall–Kier alpha value is -0.710. The molecule has 1 atom stereocenters. The molecule has 2 fully saturated rings. The van der Waals surface area contributed by atoms with Crippen LogP contribution in [-0.4, -0.2) is 41.4 Å². The van der Waals surface area contributed by atoms with E-state index < -0.39 is 0 Å². The van der Waals surface area contributed by atoms with Gasteiger partial charge in [-0.1, -0.05) is 23.7 Å². The van der Waals surface area contributed by atoms with Crippen LogP contribution >= 0.6 is 23.4 Å². The van der Waals surface area contributed by atoms with Crippen LogP contribution in [0.25, 0.3) is 0 Å². The van der Waals surface area contributed by atoms with Gasteiger partial charge in [0.25, 0.3) is 0 Å². The SMILES string of the molecule is O=C(CCC1CCN([C@@H]2CCSC2)CC1)Nc1ccccc1Cl. The van der Waals surface area contributed by atoms with Gasteiger partial charge in [-0.25, -0.2) is 0 Å². The number of anilines is 1. The number of likely N-dealkylation sites (tertiary alicyclic amines) is 1. The van der Waals surface area contributed by atoms with Gasteiger partial charge in [0.2, 0.25) is 5.91 Å². The van der Waals surface area contributed by atoms with Crippen molar-refractivity contribution >= 4 is 35.0 Å². The number of benzene rings is 1. The van der Waals surface area contributed by atoms with E-state index in [2.05, 4.69) is 22.0 Å². The summed E-state index contributed by atoms with van der Waals surface area (Å²) < 4.78 is 0. The number of thioether (sulfide) groups is 1. The number of nitrogens with one attached hydrogen (secondary N) is 1. The van der Waals surface area contributed by atoms with Gasteiger partial charge in [-0.3, -0.25) is 9.69 Å². The maximum Gasteiger partial charge on any atom is 0.224 e. The lowest BCUT2D eigenvalue weighted by molar-refractivity contribution is -0.116. The molecule has 0 aliphatic carbocycles. The summed E-state index contributed by atoms with van der Waals surface area (Å²) in [5, 5.41) is 3.52. The molecule has 2 heterocycles. The summed E-state index contributed by atoms with van der Waals surface area (Å²) in [6, 6.07) is 8.21. The normalized spacial score (nSPS) is 23.1. The number of carbonyl (C=O) groups is 1. The number of amides is 1. The number of halogens is 1. The quantitative estimate of drug-likeness (QED) is 0.858. The Morgan fingerprint density at radius 2 is 2.04 bits per heavy atom. The van der Waals surface area contributed by atoms with Crippen LogP contribution < -0.4 is 5.32 Å². The van der Waals surface area contributed by atoms with Crippen molar-refractivity contribution in [3.8, 4) is 0 Å². The lowest BCUT2D eigenvalue weighted by Gasteiger charge is -2.35. The molecule has 3 rings (SSSR count). The van der Waals surface area contributed by atoms with E-state index in [1.54, 1.807) is 6.07 Å². The molecule has 3 nitrogen and oxygen atoms in total. The van der Waals surface area contributed by atoms with Crippen LogP contribution in [0.2, 0.25) is 5.02 Å². The summed E-state index contributed by atoms with van der Waals surface area (Å²) in [7, 11) is 0. The van der Waals surface area contributed by atoms with E-state index in [9.17, 15) is 4.79 Å². The van der Waals surface area contributed by atoms with E-state index in [4.69, 9.17) is 11.6 Å². The fraction of sp³-hybridized carbons (Fsp3) is 0.611. The van der Waals surface area contributed by atoms with E-state index >= 15 is 0 Å². The predicted octanol–water partition coefficient (Wildman–Crippen LogP) is 4.28. The van der Waals surface area contributed by atoms with E-state index in [-0.39, 0.29) is 5.91 Å². The highest BCUT2D eigenvalue weighted by Gasteiger charge is 2.27. The maximum absolute atomic E-state index is 12.1. The third-order valence-corrected chi connectivity index (χ3v) is 6.47. The minimum atomic E-state index is 0.0766. The average molecular weight is 353 g/mol. The van der Waals surface area contributed by atoms with Gasteiger partial charge in [-0.2, -0.15) is 11.8 Å². The number of hydrogen-bond donors (Lipinski definition) is 1. The molecule has 0 radical (unpaired) electrons. The summed E-state index contributed by atoms with van der Waals surface area (Å²) in [6.07, 6.45) is 5.41. The summed E-state index contributed by atoms with van der Waals surface area (Å²) in [6.45, 7) is 2.42. The Morgan fingerprint density at radius 1 is 1.26 bits per heavy atom. The minimum absolute atomic E-state index is 0.0766. The van der Waals surface area contributed by atoms with E-state index in [0.29, 0.717) is 23.0 Å². The molecule has 5 heteroatoms. The highest BCUT2D eigenvalue weighted by molar-refractivity contribution is 7.99. The predicted molar refractivity (Wildman–Crippen MR) is 99.3 cm³/mol. The van der Waals surface area contributed by atoms with Crippen molar-refractivity contribution in [3.63, 3.8) is 0 Å². The summed E-state index contributed by atoms with van der Waals surface area (Å²) in [5.41, 5.74) is 0.715. The Kier molecular flexibility index (Phi) is 6.26. The maximum atomic E-state index is 12.1. The molecule has 1 aromatic rings. The van der Waals surface area contributed by atoms with Crippen LogP contribution in [0.4, 0.5) is 5.69 Å². The van der Waals surface area contributed by atoms with Crippen molar-refractivity contribution in [1.82, 2.24) is 4.90 Å². The second-order valence-corrected chi connectivity index (χ2v) is 8.12. The molecule has 0 unspecified atom stereocenters. The molecule has 126 valence electrons. The fourth-order valence-electron chi connectivity index (χ4n) is 3.53. The van der Waals surface area contributed by atoms with Gasteiger partial charge in [-0.15, -0.1) is 0 Å². The number of rotatable bonds is 5. The molecule has 2 aliphatic rings. The Bertz CT molecular complexity index is 526. The molecule has 0 bridgehead atoms. The molecular weight excluding hydrogens is 328 g/mol. The largest absolute Gasteiger partial charge is 0.325 e. The first-order valence-electron chi connectivity index (χ1n) is 8.58. The van der Waals surface area contributed by atoms with Crippen molar-refractivity contribution in [3.05, 3.63) is 29.3 Å². The number of nitrogens with zero attached hydrogens (tertiary/aromatic N) is 1. The van der Waals surface area contributed by atoms with Gasteiger partial charge < -0.3 is 5.32 Å². The van der Waals surface area contributed by atoms with Gasteiger partial charge in [0.15, 0.2) is 0 Å². The molecule has 1 N–H and O–H groups in total. The van der Waals surface area contributed by atoms with Gasteiger partial charge in [0, 0.05) is 18.2 Å². The first kappa shape index (κ1) is 17.1. The standard InChI is InChI=1S/C18H25ClN2OS/c19-16-3-1-2-4-17(16)20-18(22)6-5-14-7-10-21(11-8-14)15-9-12-23-13-15/h1-4,14-15H,5-13H2,(H,20,22)/t15-/m1/s1. The third kappa shape index (κ3) is 4.88. The number of para-hydroxylation sites is 1. The second-order valence-electron chi connectivity index (χ2n) is 6.56. The van der Waals surface area contributed by atoms with Gasteiger partial charge >= 0.3 is 0 Å². The zero-order valence-corrected chi connectivity index (χ0v) is 15.0. The zero-order valence-electron chi connectivity index (χ0n) is 13.5. The average Bonchev–Trinajstić information content (AvgIpc) is 3.10. The molecule has 2 aliphatic heterocycles. The Morgan fingerprint density at radius 3 is 2.74 bits per heavy atom. The topological polar surface area (TPSA) is 32.3 Å². The van der Waals surface area contributed by atoms with Crippen LogP contribution in [0, 0.1) is 5.92 Å². The third-order valence-electron chi connectivity index (χ3n) is 5.00. The van der Waals surface area contributed by atoms with Crippen molar-refractivity contribution < 1.29 is 4.79 Å². The number of carbonyl (C=O) groups excluding carboxylic acids is 1. The van der Waals surface area contributed by atoms with Crippen LogP contribution in [0.5, 0.6) is 0 Å². The van der Waals surface area contributed by atoms with Crippen LogP contribution in [0.3, 0.4) is 0 Å². The van der Waals surface area contributed by atoms with Gasteiger partial charge in [0.05, 0.1) is 10.7 Å². The van der Waals surface area contributed by atoms with Gasteiger partial charge in [-0.05, 0) is 62.6 Å². The first-order valence-corrected chi connectivity index (χ1v) is 10.1. The van der Waals surface area contributed by atoms with Crippen LogP contribution in [-0.2, 0) is 4.79 Å². The van der Waals surface area contributed by atoms with E-state index in [0.717, 1.165) is 12.5 Å². The number of hydrogen-bond acceptors (Lipinski definition) is 3. The first-order chi connectivity index (χ1) is 11.2.